The van der Waals surface area contributed by atoms with Gasteiger partial charge in [0.25, 0.3) is 0 Å². The molecule has 0 aliphatic rings. The van der Waals surface area contributed by atoms with Gasteiger partial charge >= 0.3 is 5.97 Å². The van der Waals surface area contributed by atoms with Crippen molar-refractivity contribution in [3.05, 3.63) is 17.5 Å². The summed E-state index contributed by atoms with van der Waals surface area (Å²) in [6.45, 7) is 1.94. The molecule has 0 unspecified atom stereocenters. The fourth-order valence-corrected chi connectivity index (χ4v) is 1.90. The number of carboxylic acids is 1. The molecule has 0 saturated heterocycles. The van der Waals surface area contributed by atoms with Crippen molar-refractivity contribution in [3.63, 3.8) is 0 Å². The molecule has 0 aromatic carbocycles. The van der Waals surface area contributed by atoms with E-state index in [2.05, 4.69) is 4.98 Å². The van der Waals surface area contributed by atoms with E-state index in [0.717, 1.165) is 16.2 Å². The Morgan fingerprint density at radius 1 is 1.75 bits per heavy atom. The Morgan fingerprint density at radius 2 is 2.42 bits per heavy atom. The molecular weight excluding hydrogens is 174 g/mol. The van der Waals surface area contributed by atoms with Crippen LogP contribution in [0.15, 0.2) is 11.1 Å². The fourth-order valence-electron chi connectivity index (χ4n) is 1.15. The first-order chi connectivity index (χ1) is 5.65. The SMILES string of the molecule is CSc1c(CC(=O)O)c[nH]c1C. The molecule has 0 aliphatic heterocycles. The lowest BCUT2D eigenvalue weighted by Gasteiger charge is -1.97. The van der Waals surface area contributed by atoms with Gasteiger partial charge in [0, 0.05) is 16.8 Å². The van der Waals surface area contributed by atoms with Crippen LogP contribution in [0.1, 0.15) is 11.3 Å². The maximum Gasteiger partial charge on any atom is 0.307 e. The molecule has 0 saturated carbocycles. The van der Waals surface area contributed by atoms with E-state index in [1.807, 2.05) is 13.2 Å². The lowest BCUT2D eigenvalue weighted by Crippen LogP contribution is -1.99. The summed E-state index contributed by atoms with van der Waals surface area (Å²) in [4.78, 5) is 14.5. The van der Waals surface area contributed by atoms with Gasteiger partial charge in [0.15, 0.2) is 0 Å². The van der Waals surface area contributed by atoms with Crippen LogP contribution in [0.3, 0.4) is 0 Å². The van der Waals surface area contributed by atoms with Crippen LogP contribution in [0.2, 0.25) is 0 Å². The number of H-pyrrole nitrogens is 1. The van der Waals surface area contributed by atoms with Gasteiger partial charge in [-0.1, -0.05) is 0 Å². The predicted octanol–water partition coefficient (Wildman–Crippen LogP) is 1.67. The molecule has 3 nitrogen and oxygen atoms in total. The summed E-state index contributed by atoms with van der Waals surface area (Å²) in [5.74, 6) is -0.788. The van der Waals surface area contributed by atoms with Crippen LogP contribution in [-0.2, 0) is 11.2 Å². The van der Waals surface area contributed by atoms with Gasteiger partial charge in [0.05, 0.1) is 6.42 Å². The van der Waals surface area contributed by atoms with E-state index in [4.69, 9.17) is 5.11 Å². The molecule has 0 spiro atoms. The highest BCUT2D eigenvalue weighted by atomic mass is 32.2. The molecule has 66 valence electrons. The summed E-state index contributed by atoms with van der Waals surface area (Å²) in [7, 11) is 0. The smallest absolute Gasteiger partial charge is 0.307 e. The molecule has 0 radical (unpaired) electrons. The maximum atomic E-state index is 10.4. The number of hydrogen-bond donors (Lipinski definition) is 2. The number of aromatic amines is 1. The quantitative estimate of drug-likeness (QED) is 0.704. The zero-order chi connectivity index (χ0) is 9.14. The van der Waals surface area contributed by atoms with Crippen molar-refractivity contribution in [1.29, 1.82) is 0 Å². The number of aromatic nitrogens is 1. The number of carbonyl (C=O) groups is 1. The highest BCUT2D eigenvalue weighted by molar-refractivity contribution is 7.98. The standard InChI is InChI=1S/C8H11NO2S/c1-5-8(12-2)6(4-9-5)3-7(10)11/h4,9H,3H2,1-2H3,(H,10,11). The molecule has 0 bridgehead atoms. The van der Waals surface area contributed by atoms with Crippen molar-refractivity contribution in [2.45, 2.75) is 18.2 Å². The third-order valence-electron chi connectivity index (χ3n) is 1.64. The van der Waals surface area contributed by atoms with Crippen LogP contribution in [0.4, 0.5) is 0 Å². The lowest BCUT2D eigenvalue weighted by molar-refractivity contribution is -0.136. The van der Waals surface area contributed by atoms with E-state index >= 15 is 0 Å². The van der Waals surface area contributed by atoms with Crippen molar-refractivity contribution in [3.8, 4) is 0 Å². The summed E-state index contributed by atoms with van der Waals surface area (Å²) < 4.78 is 0. The number of rotatable bonds is 3. The maximum absolute atomic E-state index is 10.4. The molecule has 1 aromatic heterocycles. The van der Waals surface area contributed by atoms with Gasteiger partial charge in [-0.25, -0.2) is 0 Å². The topological polar surface area (TPSA) is 53.1 Å². The van der Waals surface area contributed by atoms with Gasteiger partial charge in [-0.2, -0.15) is 0 Å². The fraction of sp³-hybridized carbons (Fsp3) is 0.375. The second-order valence-corrected chi connectivity index (χ2v) is 3.36. The molecule has 1 heterocycles. The van der Waals surface area contributed by atoms with E-state index in [0.29, 0.717) is 0 Å². The molecule has 4 heteroatoms. The molecule has 0 amide bonds. The molecular formula is C8H11NO2S. The van der Waals surface area contributed by atoms with Gasteiger partial charge in [0.2, 0.25) is 0 Å². The Hall–Kier alpha value is -0.900. The molecule has 0 aliphatic carbocycles. The van der Waals surface area contributed by atoms with Crippen molar-refractivity contribution >= 4 is 17.7 Å². The summed E-state index contributed by atoms with van der Waals surface area (Å²) in [6, 6.07) is 0. The predicted molar refractivity (Wildman–Crippen MR) is 48.7 cm³/mol. The van der Waals surface area contributed by atoms with Gasteiger partial charge in [-0.15, -0.1) is 11.8 Å². The second-order valence-electron chi connectivity index (χ2n) is 2.54. The lowest BCUT2D eigenvalue weighted by atomic mass is 10.2. The van der Waals surface area contributed by atoms with Crippen LogP contribution < -0.4 is 0 Å². The highest BCUT2D eigenvalue weighted by Gasteiger charge is 2.09. The molecule has 12 heavy (non-hydrogen) atoms. The van der Waals surface area contributed by atoms with Crippen LogP contribution in [0.25, 0.3) is 0 Å². The first-order valence-corrected chi connectivity index (χ1v) is 4.80. The summed E-state index contributed by atoms with van der Waals surface area (Å²) in [6.07, 6.45) is 3.80. The molecule has 1 rings (SSSR count). The second kappa shape index (κ2) is 3.67. The number of nitrogens with one attached hydrogen (secondary N) is 1. The van der Waals surface area contributed by atoms with E-state index in [-0.39, 0.29) is 6.42 Å². The van der Waals surface area contributed by atoms with Crippen molar-refractivity contribution in [2.24, 2.45) is 0 Å². The van der Waals surface area contributed by atoms with Crippen LogP contribution >= 0.6 is 11.8 Å². The first-order valence-electron chi connectivity index (χ1n) is 3.57. The summed E-state index contributed by atoms with van der Waals surface area (Å²) in [5.41, 5.74) is 1.91. The van der Waals surface area contributed by atoms with Gasteiger partial charge < -0.3 is 10.1 Å². The van der Waals surface area contributed by atoms with Gasteiger partial charge in [0.1, 0.15) is 0 Å². The minimum Gasteiger partial charge on any atom is -0.481 e. The zero-order valence-corrected chi connectivity index (χ0v) is 7.86. The largest absolute Gasteiger partial charge is 0.481 e. The molecule has 2 N–H and O–H groups in total. The zero-order valence-electron chi connectivity index (χ0n) is 7.05. The minimum atomic E-state index is -0.788. The van der Waals surface area contributed by atoms with Crippen molar-refractivity contribution < 1.29 is 9.90 Å². The first kappa shape index (κ1) is 9.19. The average molecular weight is 185 g/mol. The number of hydrogen-bond acceptors (Lipinski definition) is 2. The molecule has 0 atom stereocenters. The van der Waals surface area contributed by atoms with E-state index < -0.39 is 5.97 Å². The van der Waals surface area contributed by atoms with Crippen molar-refractivity contribution in [1.82, 2.24) is 4.98 Å². The number of aryl methyl sites for hydroxylation is 1. The van der Waals surface area contributed by atoms with Gasteiger partial charge in [-0.3, -0.25) is 4.79 Å². The van der Waals surface area contributed by atoms with Crippen molar-refractivity contribution in [2.75, 3.05) is 6.26 Å². The average Bonchev–Trinajstić information content (AvgIpc) is 2.30. The Morgan fingerprint density at radius 3 is 2.92 bits per heavy atom. The van der Waals surface area contributed by atoms with Crippen LogP contribution in [0, 0.1) is 6.92 Å². The number of aliphatic carboxylic acids is 1. The Labute approximate surface area is 75.2 Å². The van der Waals surface area contributed by atoms with E-state index in [9.17, 15) is 4.79 Å². The third-order valence-corrected chi connectivity index (χ3v) is 2.62. The van der Waals surface area contributed by atoms with E-state index in [1.54, 1.807) is 18.0 Å². The molecule has 1 aromatic rings. The van der Waals surface area contributed by atoms with Gasteiger partial charge in [-0.05, 0) is 18.7 Å². The normalized spacial score (nSPS) is 10.2. The molecule has 0 fully saturated rings. The van der Waals surface area contributed by atoms with E-state index in [1.165, 1.54) is 0 Å². The van der Waals surface area contributed by atoms with Crippen LogP contribution in [-0.4, -0.2) is 22.3 Å². The number of thioether (sulfide) groups is 1. The Balaban J connectivity index is 2.91. The summed E-state index contributed by atoms with van der Waals surface area (Å²) >= 11 is 1.58. The third kappa shape index (κ3) is 1.82. The monoisotopic (exact) mass is 185 g/mol. The Kier molecular flexibility index (Phi) is 2.81. The summed E-state index contributed by atoms with van der Waals surface area (Å²) in [5, 5.41) is 8.57. The Bertz CT molecular complexity index is 293. The van der Waals surface area contributed by atoms with Crippen LogP contribution in [0.5, 0.6) is 0 Å². The minimum absolute atomic E-state index is 0.0977. The number of carboxylic acid groups (broad SMARTS) is 1. The highest BCUT2D eigenvalue weighted by Crippen LogP contribution is 2.24.